The van der Waals surface area contributed by atoms with E-state index in [0.29, 0.717) is 11.8 Å². The molecule has 22 heavy (non-hydrogen) atoms. The van der Waals surface area contributed by atoms with Crippen LogP contribution in [0.1, 0.15) is 63.5 Å². The van der Waals surface area contributed by atoms with Gasteiger partial charge in [0, 0.05) is 10.8 Å². The van der Waals surface area contributed by atoms with Crippen LogP contribution in [0.25, 0.3) is 0 Å². The zero-order valence-corrected chi connectivity index (χ0v) is 14.9. The highest BCUT2D eigenvalue weighted by molar-refractivity contribution is 7.80. The number of hydrogen-bond donors (Lipinski definition) is 1. The zero-order valence-electron chi connectivity index (χ0n) is 14.0. The molecular weight excluding hydrogens is 286 g/mol. The van der Waals surface area contributed by atoms with Gasteiger partial charge in [-0.1, -0.05) is 26.3 Å². The molecule has 0 heterocycles. The van der Waals surface area contributed by atoms with Gasteiger partial charge in [-0.25, -0.2) is 0 Å². The Kier molecular flexibility index (Phi) is 4.29. The van der Waals surface area contributed by atoms with Crippen LogP contribution in [-0.2, 0) is 6.42 Å². The quantitative estimate of drug-likeness (QED) is 0.705. The maximum absolute atomic E-state index is 9.49. The normalized spacial score (nSPS) is 35.1. The van der Waals surface area contributed by atoms with E-state index in [1.807, 2.05) is 0 Å². The molecule has 1 aromatic rings. The van der Waals surface area contributed by atoms with E-state index in [-0.39, 0.29) is 11.3 Å². The number of aryl methyl sites for hydroxylation is 1. The van der Waals surface area contributed by atoms with Crippen LogP contribution in [0.2, 0.25) is 0 Å². The molecule has 2 heteroatoms. The van der Waals surface area contributed by atoms with Crippen LogP contribution in [0.15, 0.2) is 23.1 Å². The second kappa shape index (κ2) is 5.93. The highest BCUT2D eigenvalue weighted by Gasteiger charge is 2.49. The second-order valence-corrected chi connectivity index (χ2v) is 8.12. The Hall–Kier alpha value is -0.940. The smallest absolute Gasteiger partial charge is 0.0658 e. The third-order valence-electron chi connectivity index (χ3n) is 6.77. The summed E-state index contributed by atoms with van der Waals surface area (Å²) in [7, 11) is 0. The van der Waals surface area contributed by atoms with Crippen molar-refractivity contribution in [2.45, 2.75) is 63.7 Å². The standard InChI is InChI=1S/C20H27NS/c1-4-19-18-7-5-14-11-15(22)6-8-16(14)17(18)9-10-20(19,3)13(2)12-21/h6,8,11,13,17-19,22H,4-5,7,9-10H2,1-3H3. The first-order valence-corrected chi connectivity index (χ1v) is 9.17. The van der Waals surface area contributed by atoms with Crippen molar-refractivity contribution >= 4 is 12.6 Å². The fourth-order valence-electron chi connectivity index (χ4n) is 5.37. The van der Waals surface area contributed by atoms with Gasteiger partial charge in [-0.3, -0.25) is 0 Å². The monoisotopic (exact) mass is 313 g/mol. The minimum absolute atomic E-state index is 0.152. The number of thiol groups is 1. The molecule has 2 aliphatic carbocycles. The summed E-state index contributed by atoms with van der Waals surface area (Å²) >= 11 is 4.50. The lowest BCUT2D eigenvalue weighted by molar-refractivity contribution is 0.00343. The number of benzene rings is 1. The average Bonchev–Trinajstić information content (AvgIpc) is 2.53. The van der Waals surface area contributed by atoms with Crippen molar-refractivity contribution in [2.24, 2.45) is 23.2 Å². The van der Waals surface area contributed by atoms with Gasteiger partial charge in [0.25, 0.3) is 0 Å². The average molecular weight is 314 g/mol. The van der Waals surface area contributed by atoms with Crippen LogP contribution in [0.4, 0.5) is 0 Å². The highest BCUT2D eigenvalue weighted by Crippen LogP contribution is 2.58. The van der Waals surface area contributed by atoms with E-state index in [2.05, 4.69) is 57.7 Å². The van der Waals surface area contributed by atoms with E-state index in [9.17, 15) is 5.26 Å². The van der Waals surface area contributed by atoms with Crippen molar-refractivity contribution in [3.05, 3.63) is 29.3 Å². The van der Waals surface area contributed by atoms with Gasteiger partial charge in [-0.2, -0.15) is 5.26 Å². The van der Waals surface area contributed by atoms with Crippen molar-refractivity contribution in [3.8, 4) is 6.07 Å². The van der Waals surface area contributed by atoms with Crippen molar-refractivity contribution < 1.29 is 0 Å². The molecule has 5 atom stereocenters. The lowest BCUT2D eigenvalue weighted by Crippen LogP contribution is -2.45. The molecule has 0 amide bonds. The molecule has 2 aliphatic rings. The lowest BCUT2D eigenvalue weighted by Gasteiger charge is -2.53. The highest BCUT2D eigenvalue weighted by atomic mass is 32.1. The second-order valence-electron chi connectivity index (χ2n) is 7.60. The summed E-state index contributed by atoms with van der Waals surface area (Å²) in [6, 6.07) is 9.28. The Morgan fingerprint density at radius 1 is 1.41 bits per heavy atom. The van der Waals surface area contributed by atoms with E-state index < -0.39 is 0 Å². The van der Waals surface area contributed by atoms with Crippen molar-refractivity contribution in [3.63, 3.8) is 0 Å². The summed E-state index contributed by atoms with van der Waals surface area (Å²) in [5.74, 6) is 2.27. The summed E-state index contributed by atoms with van der Waals surface area (Å²) < 4.78 is 0. The molecule has 0 aromatic heterocycles. The Morgan fingerprint density at radius 3 is 2.86 bits per heavy atom. The molecule has 0 saturated heterocycles. The van der Waals surface area contributed by atoms with E-state index in [1.165, 1.54) is 37.7 Å². The van der Waals surface area contributed by atoms with Gasteiger partial charge < -0.3 is 0 Å². The molecule has 0 spiro atoms. The summed E-state index contributed by atoms with van der Waals surface area (Å²) in [6.07, 6.45) is 6.08. The first-order chi connectivity index (χ1) is 10.5. The lowest BCUT2D eigenvalue weighted by atomic mass is 9.51. The fourth-order valence-corrected chi connectivity index (χ4v) is 5.60. The minimum Gasteiger partial charge on any atom is -0.198 e. The minimum atomic E-state index is 0.152. The van der Waals surface area contributed by atoms with Crippen molar-refractivity contribution in [2.75, 3.05) is 0 Å². The van der Waals surface area contributed by atoms with E-state index in [4.69, 9.17) is 0 Å². The molecule has 118 valence electrons. The fraction of sp³-hybridized carbons (Fsp3) is 0.650. The molecule has 1 fully saturated rings. The molecule has 0 bridgehead atoms. The largest absolute Gasteiger partial charge is 0.198 e. The van der Waals surface area contributed by atoms with Crippen LogP contribution >= 0.6 is 12.6 Å². The van der Waals surface area contributed by atoms with Crippen LogP contribution in [0.5, 0.6) is 0 Å². The Balaban J connectivity index is 1.96. The van der Waals surface area contributed by atoms with Gasteiger partial charge >= 0.3 is 0 Å². The first kappa shape index (κ1) is 15.9. The topological polar surface area (TPSA) is 23.8 Å². The number of nitriles is 1. The third-order valence-corrected chi connectivity index (χ3v) is 7.05. The molecule has 3 rings (SSSR count). The molecule has 1 nitrogen and oxygen atoms in total. The summed E-state index contributed by atoms with van der Waals surface area (Å²) in [5, 5.41) is 9.49. The van der Waals surface area contributed by atoms with Gasteiger partial charge in [-0.15, -0.1) is 12.6 Å². The van der Waals surface area contributed by atoms with Crippen LogP contribution in [0.3, 0.4) is 0 Å². The van der Waals surface area contributed by atoms with Crippen LogP contribution in [0, 0.1) is 34.5 Å². The van der Waals surface area contributed by atoms with Gasteiger partial charge in [0.1, 0.15) is 0 Å². The summed E-state index contributed by atoms with van der Waals surface area (Å²) in [6.45, 7) is 6.83. The molecule has 5 unspecified atom stereocenters. The maximum atomic E-state index is 9.49. The number of hydrogen-bond acceptors (Lipinski definition) is 2. The van der Waals surface area contributed by atoms with Crippen LogP contribution in [-0.4, -0.2) is 0 Å². The molecule has 0 N–H and O–H groups in total. The van der Waals surface area contributed by atoms with E-state index in [1.54, 1.807) is 5.56 Å². The van der Waals surface area contributed by atoms with Crippen molar-refractivity contribution in [1.29, 1.82) is 5.26 Å². The van der Waals surface area contributed by atoms with Crippen LogP contribution < -0.4 is 0 Å². The molecule has 0 radical (unpaired) electrons. The predicted octanol–water partition coefficient (Wildman–Crippen LogP) is 5.61. The van der Waals surface area contributed by atoms with Gasteiger partial charge in [-0.05, 0) is 79.0 Å². The molecule has 1 aromatic carbocycles. The molecule has 1 saturated carbocycles. The van der Waals surface area contributed by atoms with Gasteiger partial charge in [0.05, 0.1) is 6.07 Å². The predicted molar refractivity (Wildman–Crippen MR) is 94.1 cm³/mol. The Labute approximate surface area is 140 Å². The number of nitrogens with zero attached hydrogens (tertiary/aromatic N) is 1. The summed E-state index contributed by atoms with van der Waals surface area (Å²) in [4.78, 5) is 1.09. The van der Waals surface area contributed by atoms with E-state index in [0.717, 1.165) is 10.8 Å². The number of rotatable bonds is 2. The molecule has 0 aliphatic heterocycles. The van der Waals surface area contributed by atoms with Gasteiger partial charge in [0.2, 0.25) is 0 Å². The third kappa shape index (κ3) is 2.38. The number of fused-ring (bicyclic) bond motifs is 3. The Morgan fingerprint density at radius 2 is 2.18 bits per heavy atom. The van der Waals surface area contributed by atoms with Gasteiger partial charge in [0.15, 0.2) is 0 Å². The van der Waals surface area contributed by atoms with E-state index >= 15 is 0 Å². The maximum Gasteiger partial charge on any atom is 0.0658 e. The SMILES string of the molecule is CCC1C2CCc3cc(S)ccc3C2CCC1(C)C(C)C#N. The molecular formula is C20H27NS. The first-order valence-electron chi connectivity index (χ1n) is 8.72. The Bertz CT molecular complexity index is 602. The zero-order chi connectivity index (χ0) is 15.9. The summed E-state index contributed by atoms with van der Waals surface area (Å²) in [5.41, 5.74) is 3.27. The van der Waals surface area contributed by atoms with Crippen molar-refractivity contribution in [1.82, 2.24) is 0 Å².